The monoisotopic (exact) mass is 304 g/mol. The highest BCUT2D eigenvalue weighted by Gasteiger charge is 2.29. The fraction of sp³-hybridized carbons (Fsp3) is 0.611. The van der Waals surface area contributed by atoms with Crippen LogP contribution in [0, 0.1) is 5.92 Å². The summed E-state index contributed by atoms with van der Waals surface area (Å²) >= 11 is 0. The second-order valence-electron chi connectivity index (χ2n) is 6.49. The largest absolute Gasteiger partial charge is 0.469 e. The number of carbonyl (C=O) groups is 1. The second-order valence-corrected chi connectivity index (χ2v) is 6.49. The molecule has 1 aromatic carbocycles. The van der Waals surface area contributed by atoms with Crippen molar-refractivity contribution in [2.45, 2.75) is 45.3 Å². The fourth-order valence-corrected chi connectivity index (χ4v) is 3.14. The third-order valence-electron chi connectivity index (χ3n) is 4.42. The molecule has 2 atom stereocenters. The molecule has 1 fully saturated rings. The van der Waals surface area contributed by atoms with Crippen molar-refractivity contribution in [2.75, 3.05) is 20.2 Å². The van der Waals surface area contributed by atoms with Gasteiger partial charge in [0, 0.05) is 38.1 Å². The number of benzene rings is 1. The van der Waals surface area contributed by atoms with Crippen LogP contribution >= 0.6 is 0 Å². The molecule has 4 heteroatoms. The minimum Gasteiger partial charge on any atom is -0.469 e. The number of hydrogen-bond donors (Lipinski definition) is 1. The Morgan fingerprint density at radius 2 is 2.05 bits per heavy atom. The summed E-state index contributed by atoms with van der Waals surface area (Å²) in [6.07, 6.45) is 1.55. The molecule has 4 nitrogen and oxygen atoms in total. The number of methoxy groups -OCH3 is 1. The fourth-order valence-electron chi connectivity index (χ4n) is 3.14. The topological polar surface area (TPSA) is 41.6 Å². The maximum absolute atomic E-state index is 11.6. The van der Waals surface area contributed by atoms with Gasteiger partial charge < -0.3 is 10.1 Å². The zero-order chi connectivity index (χ0) is 15.9. The summed E-state index contributed by atoms with van der Waals surface area (Å²) in [5.74, 6) is 0.272. The van der Waals surface area contributed by atoms with E-state index in [4.69, 9.17) is 4.74 Å². The van der Waals surface area contributed by atoms with Gasteiger partial charge in [0.1, 0.15) is 0 Å². The molecule has 1 N–H and O–H groups in total. The first-order valence-electron chi connectivity index (χ1n) is 8.16. The molecule has 0 aliphatic carbocycles. The third-order valence-corrected chi connectivity index (χ3v) is 4.42. The third kappa shape index (κ3) is 5.11. The predicted octanol–water partition coefficient (Wildman–Crippen LogP) is 2.44. The van der Waals surface area contributed by atoms with Gasteiger partial charge in [-0.2, -0.15) is 0 Å². The zero-order valence-corrected chi connectivity index (χ0v) is 13.9. The number of piperidine rings is 1. The molecule has 0 saturated carbocycles. The van der Waals surface area contributed by atoms with Gasteiger partial charge in [-0.25, -0.2) is 0 Å². The number of esters is 1. The number of rotatable bonds is 6. The number of carbonyl (C=O) groups excluding carboxylic acids is 1. The average molecular weight is 304 g/mol. The molecule has 1 saturated heterocycles. The van der Waals surface area contributed by atoms with E-state index in [-0.39, 0.29) is 5.97 Å². The maximum Gasteiger partial charge on any atom is 0.305 e. The van der Waals surface area contributed by atoms with Crippen LogP contribution in [-0.2, 0) is 16.1 Å². The van der Waals surface area contributed by atoms with Crippen molar-refractivity contribution in [1.29, 1.82) is 0 Å². The molecule has 1 aliphatic heterocycles. The number of ether oxygens (including phenoxy) is 1. The van der Waals surface area contributed by atoms with Crippen LogP contribution in [0.5, 0.6) is 0 Å². The SMILES string of the molecule is COC(=O)CC1CC(NCc2ccccc2)CN(C(C)C)C1. The van der Waals surface area contributed by atoms with E-state index in [1.807, 2.05) is 6.07 Å². The van der Waals surface area contributed by atoms with Crippen molar-refractivity contribution < 1.29 is 9.53 Å². The standard InChI is InChI=1S/C18H28N2O2/c1-14(2)20-12-16(10-18(21)22-3)9-17(13-20)19-11-15-7-5-4-6-8-15/h4-8,14,16-17,19H,9-13H2,1-3H3. The Labute approximate surface area is 133 Å². The van der Waals surface area contributed by atoms with Gasteiger partial charge in [-0.05, 0) is 31.7 Å². The Morgan fingerprint density at radius 1 is 1.32 bits per heavy atom. The van der Waals surface area contributed by atoms with Gasteiger partial charge in [-0.3, -0.25) is 9.69 Å². The molecule has 122 valence electrons. The maximum atomic E-state index is 11.6. The van der Waals surface area contributed by atoms with Crippen LogP contribution in [0.1, 0.15) is 32.3 Å². The first-order valence-corrected chi connectivity index (χ1v) is 8.16. The van der Waals surface area contributed by atoms with Gasteiger partial charge in [0.25, 0.3) is 0 Å². The van der Waals surface area contributed by atoms with Crippen LogP contribution in [-0.4, -0.2) is 43.2 Å². The van der Waals surface area contributed by atoms with Crippen LogP contribution in [0.25, 0.3) is 0 Å². The average Bonchev–Trinajstić information content (AvgIpc) is 2.53. The van der Waals surface area contributed by atoms with Crippen LogP contribution < -0.4 is 5.32 Å². The highest BCUT2D eigenvalue weighted by Crippen LogP contribution is 2.22. The summed E-state index contributed by atoms with van der Waals surface area (Å²) in [4.78, 5) is 14.0. The molecule has 1 aliphatic rings. The van der Waals surface area contributed by atoms with E-state index in [0.717, 1.165) is 26.1 Å². The number of hydrogen-bond acceptors (Lipinski definition) is 4. The van der Waals surface area contributed by atoms with Gasteiger partial charge in [0.05, 0.1) is 7.11 Å². The minimum absolute atomic E-state index is 0.0996. The van der Waals surface area contributed by atoms with E-state index >= 15 is 0 Å². The van der Waals surface area contributed by atoms with Gasteiger partial charge in [-0.1, -0.05) is 30.3 Å². The quantitative estimate of drug-likeness (QED) is 0.820. The Hall–Kier alpha value is -1.39. The van der Waals surface area contributed by atoms with E-state index in [9.17, 15) is 4.79 Å². The van der Waals surface area contributed by atoms with Crippen molar-refractivity contribution in [3.63, 3.8) is 0 Å². The molecule has 0 aromatic heterocycles. The second kappa shape index (κ2) is 8.30. The van der Waals surface area contributed by atoms with Crippen molar-refractivity contribution in [3.05, 3.63) is 35.9 Å². The zero-order valence-electron chi connectivity index (χ0n) is 13.9. The molecule has 1 heterocycles. The predicted molar refractivity (Wildman–Crippen MR) is 88.5 cm³/mol. The van der Waals surface area contributed by atoms with E-state index in [0.29, 0.717) is 24.4 Å². The lowest BCUT2D eigenvalue weighted by Gasteiger charge is -2.40. The summed E-state index contributed by atoms with van der Waals surface area (Å²) in [7, 11) is 1.47. The lowest BCUT2D eigenvalue weighted by atomic mass is 9.90. The number of likely N-dealkylation sites (tertiary alicyclic amines) is 1. The molecule has 0 bridgehead atoms. The smallest absolute Gasteiger partial charge is 0.305 e. The van der Waals surface area contributed by atoms with Crippen molar-refractivity contribution in [2.24, 2.45) is 5.92 Å². The van der Waals surface area contributed by atoms with Crippen LogP contribution in [0.3, 0.4) is 0 Å². The Kier molecular flexibility index (Phi) is 6.40. The van der Waals surface area contributed by atoms with Gasteiger partial charge in [0.2, 0.25) is 0 Å². The molecule has 2 unspecified atom stereocenters. The minimum atomic E-state index is -0.0996. The van der Waals surface area contributed by atoms with Crippen molar-refractivity contribution in [3.8, 4) is 0 Å². The Balaban J connectivity index is 1.92. The molecule has 0 radical (unpaired) electrons. The highest BCUT2D eigenvalue weighted by atomic mass is 16.5. The first-order chi connectivity index (χ1) is 10.6. The van der Waals surface area contributed by atoms with Gasteiger partial charge >= 0.3 is 5.97 Å². The van der Waals surface area contributed by atoms with Gasteiger partial charge in [0.15, 0.2) is 0 Å². The molecule has 1 aromatic rings. The highest BCUT2D eigenvalue weighted by molar-refractivity contribution is 5.69. The summed E-state index contributed by atoms with van der Waals surface area (Å²) in [6.45, 7) is 7.34. The lowest BCUT2D eigenvalue weighted by molar-refractivity contribution is -0.142. The van der Waals surface area contributed by atoms with E-state index in [1.54, 1.807) is 0 Å². The molecule has 22 heavy (non-hydrogen) atoms. The lowest BCUT2D eigenvalue weighted by Crippen LogP contribution is -2.51. The van der Waals surface area contributed by atoms with Crippen LogP contribution in [0.4, 0.5) is 0 Å². The summed E-state index contributed by atoms with van der Waals surface area (Å²) in [6, 6.07) is 11.4. The molecular formula is C18H28N2O2. The van der Waals surface area contributed by atoms with E-state index in [2.05, 4.69) is 48.3 Å². The first kappa shape index (κ1) is 17.0. The normalized spacial score (nSPS) is 22.7. The van der Waals surface area contributed by atoms with Crippen molar-refractivity contribution >= 4 is 5.97 Å². The van der Waals surface area contributed by atoms with E-state index in [1.165, 1.54) is 12.7 Å². The molecule has 0 amide bonds. The van der Waals surface area contributed by atoms with Crippen LogP contribution in [0.2, 0.25) is 0 Å². The summed E-state index contributed by atoms with van der Waals surface area (Å²) in [5, 5.41) is 3.65. The Bertz CT molecular complexity index is 461. The van der Waals surface area contributed by atoms with Crippen molar-refractivity contribution in [1.82, 2.24) is 10.2 Å². The summed E-state index contributed by atoms with van der Waals surface area (Å²) < 4.78 is 4.84. The summed E-state index contributed by atoms with van der Waals surface area (Å²) in [5.41, 5.74) is 1.30. The molecule has 0 spiro atoms. The van der Waals surface area contributed by atoms with Crippen LogP contribution in [0.15, 0.2) is 30.3 Å². The Morgan fingerprint density at radius 3 is 2.68 bits per heavy atom. The number of nitrogens with zero attached hydrogens (tertiary/aromatic N) is 1. The number of nitrogens with one attached hydrogen (secondary N) is 1. The molecule has 2 rings (SSSR count). The van der Waals surface area contributed by atoms with E-state index < -0.39 is 0 Å². The molecular weight excluding hydrogens is 276 g/mol. The van der Waals surface area contributed by atoms with Gasteiger partial charge in [-0.15, -0.1) is 0 Å².